The maximum atomic E-state index is 12.3. The summed E-state index contributed by atoms with van der Waals surface area (Å²) >= 11 is 0. The fraction of sp³-hybridized carbons (Fsp3) is 0.533. The van der Waals surface area contributed by atoms with Crippen molar-refractivity contribution in [1.29, 1.82) is 0 Å². The molecule has 2 rings (SSSR count). The molecule has 0 fully saturated rings. The first-order chi connectivity index (χ1) is 9.34. The van der Waals surface area contributed by atoms with E-state index in [2.05, 4.69) is 9.30 Å². The molecular formula is C15H22N2O2S. The van der Waals surface area contributed by atoms with Crippen molar-refractivity contribution in [3.63, 3.8) is 0 Å². The molecule has 1 aliphatic heterocycles. The van der Waals surface area contributed by atoms with Gasteiger partial charge in [-0.15, -0.1) is 0 Å². The molecule has 2 atom stereocenters. The molecule has 0 aliphatic carbocycles. The van der Waals surface area contributed by atoms with Crippen molar-refractivity contribution in [2.45, 2.75) is 25.5 Å². The smallest absolute Gasteiger partial charge is 0.145 e. The topological polar surface area (TPSA) is 52.9 Å². The second-order valence-electron chi connectivity index (χ2n) is 6.12. The highest BCUT2D eigenvalue weighted by atomic mass is 32.2. The molecule has 0 spiro atoms. The lowest BCUT2D eigenvalue weighted by molar-refractivity contribution is 0.262. The third kappa shape index (κ3) is 2.94. The van der Waals surface area contributed by atoms with Crippen molar-refractivity contribution in [3.8, 4) is 0 Å². The largest absolute Gasteiger partial charge is 0.396 e. The van der Waals surface area contributed by atoms with Crippen LogP contribution in [-0.4, -0.2) is 40.0 Å². The van der Waals surface area contributed by atoms with Crippen LogP contribution in [0.25, 0.3) is 0 Å². The first-order valence-electron chi connectivity index (χ1n) is 6.76. The lowest BCUT2D eigenvalue weighted by atomic mass is 9.91. The molecule has 1 aliphatic rings. The SMILES string of the molecule is CN1C[C@@H](CO)/C(=N\S(=O)C(C)(C)C)c2ccccc21. The Hall–Kier alpha value is -1.20. The van der Waals surface area contributed by atoms with Crippen LogP contribution in [0.15, 0.2) is 28.7 Å². The summed E-state index contributed by atoms with van der Waals surface area (Å²) in [4.78, 5) is 2.11. The van der Waals surface area contributed by atoms with E-state index in [4.69, 9.17) is 0 Å². The molecule has 1 aromatic carbocycles. The summed E-state index contributed by atoms with van der Waals surface area (Å²) in [5.41, 5.74) is 2.80. The summed E-state index contributed by atoms with van der Waals surface area (Å²) in [6, 6.07) is 7.93. The number of nitrogens with zero attached hydrogens (tertiary/aromatic N) is 2. The third-order valence-corrected chi connectivity index (χ3v) is 4.81. The lowest BCUT2D eigenvalue weighted by Crippen LogP contribution is -2.39. The predicted octanol–water partition coefficient (Wildman–Crippen LogP) is 2.00. The number of anilines is 1. The number of benzene rings is 1. The zero-order valence-electron chi connectivity index (χ0n) is 12.5. The van der Waals surface area contributed by atoms with Crippen molar-refractivity contribution in [2.75, 3.05) is 25.1 Å². The molecular weight excluding hydrogens is 272 g/mol. The normalized spacial score (nSPS) is 22.8. The van der Waals surface area contributed by atoms with Gasteiger partial charge in [0, 0.05) is 30.8 Å². The fourth-order valence-corrected chi connectivity index (χ4v) is 2.95. The molecule has 0 radical (unpaired) electrons. The Bertz CT molecular complexity index is 549. The van der Waals surface area contributed by atoms with Crippen LogP contribution in [0.5, 0.6) is 0 Å². The van der Waals surface area contributed by atoms with Crippen molar-refractivity contribution in [2.24, 2.45) is 10.3 Å². The Morgan fingerprint density at radius 3 is 2.65 bits per heavy atom. The quantitative estimate of drug-likeness (QED) is 0.907. The Morgan fingerprint density at radius 2 is 2.05 bits per heavy atom. The van der Waals surface area contributed by atoms with Crippen LogP contribution in [0, 0.1) is 5.92 Å². The minimum atomic E-state index is -1.32. The van der Waals surface area contributed by atoms with E-state index in [9.17, 15) is 9.32 Å². The van der Waals surface area contributed by atoms with Gasteiger partial charge in [-0.3, -0.25) is 0 Å². The molecule has 0 aromatic heterocycles. The molecule has 5 heteroatoms. The number of hydrogen-bond donors (Lipinski definition) is 1. The van der Waals surface area contributed by atoms with E-state index < -0.39 is 15.7 Å². The number of rotatable bonds is 2. The summed E-state index contributed by atoms with van der Waals surface area (Å²) in [6.45, 7) is 6.42. The van der Waals surface area contributed by atoms with E-state index in [0.29, 0.717) is 6.54 Å². The van der Waals surface area contributed by atoms with Gasteiger partial charge in [-0.05, 0) is 26.8 Å². The van der Waals surface area contributed by atoms with Crippen LogP contribution in [0.4, 0.5) is 5.69 Å². The van der Waals surface area contributed by atoms with Gasteiger partial charge in [-0.2, -0.15) is 4.40 Å². The minimum absolute atomic E-state index is 0.0127. The monoisotopic (exact) mass is 294 g/mol. The molecule has 1 N–H and O–H groups in total. The second-order valence-corrected chi connectivity index (χ2v) is 8.02. The third-order valence-electron chi connectivity index (χ3n) is 3.40. The number of aliphatic hydroxyl groups excluding tert-OH is 1. The van der Waals surface area contributed by atoms with Crippen molar-refractivity contribution >= 4 is 22.4 Å². The zero-order chi connectivity index (χ0) is 14.9. The number of hydrogen-bond acceptors (Lipinski definition) is 3. The minimum Gasteiger partial charge on any atom is -0.396 e. The van der Waals surface area contributed by atoms with Crippen molar-refractivity contribution < 1.29 is 9.32 Å². The van der Waals surface area contributed by atoms with E-state index >= 15 is 0 Å². The Balaban J connectivity index is 2.51. The van der Waals surface area contributed by atoms with Gasteiger partial charge < -0.3 is 10.0 Å². The molecule has 0 saturated heterocycles. The van der Waals surface area contributed by atoms with E-state index in [0.717, 1.165) is 17.0 Å². The predicted molar refractivity (Wildman–Crippen MR) is 84.7 cm³/mol. The van der Waals surface area contributed by atoms with E-state index in [1.807, 2.05) is 52.1 Å². The first-order valence-corrected chi connectivity index (χ1v) is 7.87. The summed E-state index contributed by atoms with van der Waals surface area (Å²) in [5.74, 6) is -0.0961. The van der Waals surface area contributed by atoms with Crippen LogP contribution in [0.1, 0.15) is 26.3 Å². The maximum absolute atomic E-state index is 12.3. The molecule has 0 amide bonds. The highest BCUT2D eigenvalue weighted by Crippen LogP contribution is 2.30. The lowest BCUT2D eigenvalue weighted by Gasteiger charge is -2.33. The fourth-order valence-electron chi connectivity index (χ4n) is 2.25. The van der Waals surface area contributed by atoms with Crippen LogP contribution in [0.3, 0.4) is 0 Å². The summed E-state index contributed by atoms with van der Waals surface area (Å²) in [6.07, 6.45) is 0. The van der Waals surface area contributed by atoms with E-state index in [1.54, 1.807) is 0 Å². The molecule has 0 bridgehead atoms. The van der Waals surface area contributed by atoms with Crippen LogP contribution >= 0.6 is 0 Å². The van der Waals surface area contributed by atoms with Crippen molar-refractivity contribution in [3.05, 3.63) is 29.8 Å². The molecule has 1 heterocycles. The molecule has 1 aromatic rings. The average molecular weight is 294 g/mol. The number of aliphatic hydroxyl groups is 1. The van der Waals surface area contributed by atoms with Crippen LogP contribution in [-0.2, 0) is 11.0 Å². The Labute approximate surface area is 123 Å². The number of para-hydroxylation sites is 1. The second kappa shape index (κ2) is 5.66. The van der Waals surface area contributed by atoms with E-state index in [-0.39, 0.29) is 12.5 Å². The molecule has 110 valence electrons. The summed E-state index contributed by atoms with van der Waals surface area (Å²) in [7, 11) is 0.682. The standard InChI is InChI=1S/C15H22N2O2S/c1-15(2,3)20(19)16-14-11(10-18)9-17(4)13-8-6-5-7-12(13)14/h5-8,11,18H,9-10H2,1-4H3/b16-14+/t11-,20?/m0/s1. The zero-order valence-corrected chi connectivity index (χ0v) is 13.3. The summed E-state index contributed by atoms with van der Waals surface area (Å²) in [5, 5.41) is 9.61. The van der Waals surface area contributed by atoms with Crippen LogP contribution < -0.4 is 4.90 Å². The number of fused-ring (bicyclic) bond motifs is 1. The van der Waals surface area contributed by atoms with Gasteiger partial charge in [0.25, 0.3) is 0 Å². The molecule has 0 saturated carbocycles. The highest BCUT2D eigenvalue weighted by molar-refractivity contribution is 7.85. The first kappa shape index (κ1) is 15.2. The van der Waals surface area contributed by atoms with Crippen molar-refractivity contribution in [1.82, 2.24) is 0 Å². The Morgan fingerprint density at radius 1 is 1.40 bits per heavy atom. The molecule has 20 heavy (non-hydrogen) atoms. The van der Waals surface area contributed by atoms with Gasteiger partial charge in [-0.1, -0.05) is 18.2 Å². The molecule has 4 nitrogen and oxygen atoms in total. The highest BCUT2D eigenvalue weighted by Gasteiger charge is 2.30. The van der Waals surface area contributed by atoms with Gasteiger partial charge in [0.1, 0.15) is 11.0 Å². The molecule has 1 unspecified atom stereocenters. The summed E-state index contributed by atoms with van der Waals surface area (Å²) < 4.78 is 16.4. The van der Waals surface area contributed by atoms with Gasteiger partial charge in [-0.25, -0.2) is 4.21 Å². The van der Waals surface area contributed by atoms with Gasteiger partial charge in [0.2, 0.25) is 0 Å². The van der Waals surface area contributed by atoms with Gasteiger partial charge in [0.15, 0.2) is 0 Å². The average Bonchev–Trinajstić information content (AvgIpc) is 2.40. The maximum Gasteiger partial charge on any atom is 0.145 e. The Kier molecular flexibility index (Phi) is 4.30. The van der Waals surface area contributed by atoms with Gasteiger partial charge >= 0.3 is 0 Å². The van der Waals surface area contributed by atoms with Gasteiger partial charge in [0.05, 0.1) is 17.1 Å². The van der Waals surface area contributed by atoms with Crippen LogP contribution in [0.2, 0.25) is 0 Å². The van der Waals surface area contributed by atoms with E-state index in [1.165, 1.54) is 0 Å².